The Balaban J connectivity index is 1.38. The van der Waals surface area contributed by atoms with Gasteiger partial charge < -0.3 is 10.9 Å². The standard InChI is InChI=1S/C21H38N4O2/c1-23-18(24-25-22)20(14-15-20)12-10-8-6-4-2-3-5-7-9-11-13-21(16-17-21)19(26)27/h2-17H2,1H3,(H,26,27)(H2,22,23,24). The highest BCUT2D eigenvalue weighted by Gasteiger charge is 2.49. The molecule has 0 atom stereocenters. The average molecular weight is 379 g/mol. The molecule has 6 nitrogen and oxygen atoms in total. The largest absolute Gasteiger partial charge is 0.481 e. The van der Waals surface area contributed by atoms with Crippen LogP contribution in [-0.2, 0) is 4.79 Å². The van der Waals surface area contributed by atoms with Crippen molar-refractivity contribution in [3.05, 3.63) is 0 Å². The van der Waals surface area contributed by atoms with Crippen LogP contribution in [0.1, 0.15) is 103 Å². The van der Waals surface area contributed by atoms with E-state index in [1.807, 2.05) is 0 Å². The van der Waals surface area contributed by atoms with E-state index in [1.165, 1.54) is 70.6 Å². The van der Waals surface area contributed by atoms with Crippen LogP contribution in [-0.4, -0.2) is 24.0 Å². The van der Waals surface area contributed by atoms with Crippen molar-refractivity contribution in [2.75, 3.05) is 7.05 Å². The fraction of sp³-hybridized carbons (Fsp3) is 0.905. The lowest BCUT2D eigenvalue weighted by Crippen LogP contribution is -2.14. The first-order valence-corrected chi connectivity index (χ1v) is 10.9. The summed E-state index contributed by atoms with van der Waals surface area (Å²) in [5.41, 5.74) is -0.146. The van der Waals surface area contributed by atoms with Gasteiger partial charge >= 0.3 is 5.97 Å². The zero-order chi connectivity index (χ0) is 19.6. The highest BCUT2D eigenvalue weighted by molar-refractivity contribution is 5.90. The maximum absolute atomic E-state index is 11.1. The van der Waals surface area contributed by atoms with Gasteiger partial charge in [0.05, 0.1) is 5.41 Å². The molecule has 0 heterocycles. The Labute approximate surface area is 164 Å². The van der Waals surface area contributed by atoms with Crippen LogP contribution in [0.4, 0.5) is 0 Å². The summed E-state index contributed by atoms with van der Waals surface area (Å²) < 4.78 is 0. The molecule has 2 aliphatic rings. The van der Waals surface area contributed by atoms with Gasteiger partial charge in [0.1, 0.15) is 0 Å². The number of amidine groups is 1. The normalized spacial score (nSPS) is 20.1. The molecule has 0 unspecified atom stereocenters. The highest BCUT2D eigenvalue weighted by Crippen LogP contribution is 2.52. The Kier molecular flexibility index (Phi) is 8.71. The van der Waals surface area contributed by atoms with Gasteiger partial charge in [-0.15, -0.1) is 5.11 Å². The molecule has 0 radical (unpaired) electrons. The Morgan fingerprint density at radius 1 is 0.815 bits per heavy atom. The Bertz CT molecular complexity index is 522. The van der Waals surface area contributed by atoms with Crippen molar-refractivity contribution in [3.8, 4) is 0 Å². The van der Waals surface area contributed by atoms with Crippen molar-refractivity contribution in [2.24, 2.45) is 32.0 Å². The van der Waals surface area contributed by atoms with E-state index in [9.17, 15) is 4.79 Å². The van der Waals surface area contributed by atoms with Crippen molar-refractivity contribution in [2.45, 2.75) is 103 Å². The van der Waals surface area contributed by atoms with Crippen LogP contribution in [0, 0.1) is 10.8 Å². The quantitative estimate of drug-likeness (QED) is 0.0959. The third kappa shape index (κ3) is 6.89. The van der Waals surface area contributed by atoms with Crippen LogP contribution in [0.15, 0.2) is 15.3 Å². The van der Waals surface area contributed by atoms with E-state index < -0.39 is 5.97 Å². The summed E-state index contributed by atoms with van der Waals surface area (Å²) in [7, 11) is 1.78. The first-order chi connectivity index (χ1) is 13.1. The number of nitrogens with zero attached hydrogens (tertiary/aromatic N) is 3. The second kappa shape index (κ2) is 10.8. The molecule has 0 aliphatic heterocycles. The minimum Gasteiger partial charge on any atom is -0.481 e. The summed E-state index contributed by atoms with van der Waals surface area (Å²) in [5, 5.41) is 16.6. The van der Waals surface area contributed by atoms with Crippen molar-refractivity contribution < 1.29 is 9.90 Å². The van der Waals surface area contributed by atoms with E-state index in [-0.39, 0.29) is 10.8 Å². The average Bonchev–Trinajstić information content (AvgIpc) is 3.56. The number of carboxylic acid groups (broad SMARTS) is 1. The summed E-state index contributed by atoms with van der Waals surface area (Å²) in [6.07, 6.45) is 18.8. The van der Waals surface area contributed by atoms with Gasteiger partial charge in [-0.25, -0.2) is 0 Å². The Hall–Kier alpha value is -1.46. The number of rotatable bonds is 15. The third-order valence-electron chi connectivity index (χ3n) is 6.56. The molecule has 0 aromatic heterocycles. The van der Waals surface area contributed by atoms with Crippen LogP contribution in [0.5, 0.6) is 0 Å². The van der Waals surface area contributed by atoms with Crippen molar-refractivity contribution in [1.29, 1.82) is 0 Å². The summed E-state index contributed by atoms with van der Waals surface area (Å²) in [6, 6.07) is 0. The number of nitrogens with two attached hydrogens (primary N) is 1. The first kappa shape index (κ1) is 21.8. The second-order valence-electron chi connectivity index (χ2n) is 8.66. The lowest BCUT2D eigenvalue weighted by molar-refractivity contribution is -0.143. The fourth-order valence-corrected chi connectivity index (χ4v) is 4.24. The van der Waals surface area contributed by atoms with Crippen LogP contribution in [0.2, 0.25) is 0 Å². The maximum Gasteiger partial charge on any atom is 0.309 e. The lowest BCUT2D eigenvalue weighted by Gasteiger charge is -2.13. The minimum atomic E-state index is -0.572. The molecule has 3 N–H and O–H groups in total. The molecule has 0 saturated heterocycles. The summed E-state index contributed by atoms with van der Waals surface area (Å²) in [5.74, 6) is 5.44. The van der Waals surface area contributed by atoms with Gasteiger partial charge in [-0.3, -0.25) is 9.79 Å². The molecule has 6 heteroatoms. The van der Waals surface area contributed by atoms with E-state index in [2.05, 4.69) is 15.3 Å². The van der Waals surface area contributed by atoms with Crippen molar-refractivity contribution >= 4 is 11.8 Å². The van der Waals surface area contributed by atoms with Gasteiger partial charge in [0.25, 0.3) is 0 Å². The number of unbranched alkanes of at least 4 members (excludes halogenated alkanes) is 9. The molecule has 2 aliphatic carbocycles. The highest BCUT2D eigenvalue weighted by atomic mass is 16.4. The van der Waals surface area contributed by atoms with E-state index in [0.717, 1.165) is 37.9 Å². The second-order valence-corrected chi connectivity index (χ2v) is 8.66. The SMILES string of the molecule is CN=C(N=NN)C1(CCCCCCCCCCCCC2(C(=O)O)CC2)CC1. The Morgan fingerprint density at radius 3 is 1.56 bits per heavy atom. The predicted octanol–water partition coefficient (Wildman–Crippen LogP) is 5.67. The van der Waals surface area contributed by atoms with Crippen molar-refractivity contribution in [3.63, 3.8) is 0 Å². The number of carbonyl (C=O) groups is 1. The van der Waals surface area contributed by atoms with Gasteiger partial charge in [-0.2, -0.15) is 0 Å². The molecule has 2 rings (SSSR count). The molecular formula is C21H38N4O2. The number of carboxylic acids is 1. The number of hydrogen-bond donors (Lipinski definition) is 2. The molecule has 0 bridgehead atoms. The van der Waals surface area contributed by atoms with Crippen LogP contribution in [0.25, 0.3) is 0 Å². The molecule has 0 aromatic rings. The van der Waals surface area contributed by atoms with Crippen molar-refractivity contribution in [1.82, 2.24) is 0 Å². The lowest BCUT2D eigenvalue weighted by atomic mass is 9.96. The molecule has 0 amide bonds. The Morgan fingerprint density at radius 2 is 1.22 bits per heavy atom. The van der Waals surface area contributed by atoms with E-state index in [4.69, 9.17) is 10.9 Å². The van der Waals surface area contributed by atoms with Crippen LogP contribution < -0.4 is 5.84 Å². The zero-order valence-corrected chi connectivity index (χ0v) is 17.1. The van der Waals surface area contributed by atoms with E-state index >= 15 is 0 Å². The van der Waals surface area contributed by atoms with Gasteiger partial charge in [0.15, 0.2) is 5.84 Å². The molecule has 0 spiro atoms. The summed E-state index contributed by atoms with van der Waals surface area (Å²) >= 11 is 0. The molecule has 2 saturated carbocycles. The first-order valence-electron chi connectivity index (χ1n) is 10.9. The predicted molar refractivity (Wildman–Crippen MR) is 109 cm³/mol. The van der Waals surface area contributed by atoms with Gasteiger partial charge in [-0.05, 0) is 38.5 Å². The van der Waals surface area contributed by atoms with Crippen LogP contribution >= 0.6 is 0 Å². The molecule has 0 aromatic carbocycles. The van der Waals surface area contributed by atoms with Crippen LogP contribution in [0.3, 0.4) is 0 Å². The molecule has 2 fully saturated rings. The maximum atomic E-state index is 11.1. The third-order valence-corrected chi connectivity index (χ3v) is 6.56. The minimum absolute atomic E-state index is 0.178. The summed E-state index contributed by atoms with van der Waals surface area (Å²) in [4.78, 5) is 15.4. The smallest absolute Gasteiger partial charge is 0.309 e. The van der Waals surface area contributed by atoms with E-state index in [1.54, 1.807) is 7.05 Å². The molecule has 27 heavy (non-hydrogen) atoms. The monoisotopic (exact) mass is 378 g/mol. The zero-order valence-electron chi connectivity index (χ0n) is 17.1. The van der Waals surface area contributed by atoms with Gasteiger partial charge in [-0.1, -0.05) is 69.4 Å². The fourth-order valence-electron chi connectivity index (χ4n) is 4.24. The summed E-state index contributed by atoms with van der Waals surface area (Å²) in [6.45, 7) is 0. The number of aliphatic imine (C=N–C) groups is 1. The molecule has 154 valence electrons. The van der Waals surface area contributed by atoms with E-state index in [0.29, 0.717) is 0 Å². The van der Waals surface area contributed by atoms with Gasteiger partial charge in [0, 0.05) is 12.5 Å². The number of hydrogen-bond acceptors (Lipinski definition) is 3. The molecular weight excluding hydrogens is 340 g/mol. The topological polar surface area (TPSA) is 100 Å². The van der Waals surface area contributed by atoms with Gasteiger partial charge in [0.2, 0.25) is 0 Å². The number of aliphatic carboxylic acids is 1.